The van der Waals surface area contributed by atoms with Gasteiger partial charge >= 0.3 is 77.8 Å². The number of carbonyl (C=O) groups excluding carboxylic acids is 1. The van der Waals surface area contributed by atoms with Crippen LogP contribution in [-0.4, -0.2) is 11.7 Å². The van der Waals surface area contributed by atoms with E-state index >= 15 is 0 Å². The molecule has 0 aromatic heterocycles. The molecule has 0 spiro atoms. The summed E-state index contributed by atoms with van der Waals surface area (Å²) in [5, 5.41) is 0. The van der Waals surface area contributed by atoms with Gasteiger partial charge in [-0.1, -0.05) is 0 Å². The molecule has 0 saturated heterocycles. The van der Waals surface area contributed by atoms with E-state index < -0.39 is 0 Å². The molecule has 10 heavy (non-hydrogen) atoms. The third-order valence-electron chi connectivity index (χ3n) is 1.25. The Bertz CT molecular complexity index is 106. The van der Waals surface area contributed by atoms with Crippen LogP contribution in [0.3, 0.4) is 0 Å². The zero-order valence-electron chi connectivity index (χ0n) is 6.01. The van der Waals surface area contributed by atoms with Gasteiger partial charge in [0.15, 0.2) is 0 Å². The molecule has 0 rings (SSSR count). The molecule has 0 amide bonds. The molecule has 0 bridgehead atoms. The third-order valence-corrected chi connectivity index (χ3v) is 2.47. The summed E-state index contributed by atoms with van der Waals surface area (Å²) in [6.07, 6.45) is 3.14. The summed E-state index contributed by atoms with van der Waals surface area (Å²) >= 11 is 8.36. The molecule has 0 aromatic carbocycles. The van der Waals surface area contributed by atoms with Gasteiger partial charge < -0.3 is 0 Å². The summed E-state index contributed by atoms with van der Waals surface area (Å²) in [5.41, 5.74) is 0. The molecular weight excluding hydrogens is 242 g/mol. The minimum atomic E-state index is 0.0143. The number of rotatable bonds is 5. The number of ketones is 1. The third kappa shape index (κ3) is 4.44. The first-order valence-electron chi connectivity index (χ1n) is 3.41. The van der Waals surface area contributed by atoms with Crippen molar-refractivity contribution in [1.82, 2.24) is 0 Å². The fourth-order valence-electron chi connectivity index (χ4n) is 0.611. The van der Waals surface area contributed by atoms with Crippen molar-refractivity contribution in [2.45, 2.75) is 30.6 Å². The maximum absolute atomic E-state index is 10.8. The van der Waals surface area contributed by atoms with Gasteiger partial charge in [-0.15, -0.1) is 0 Å². The Labute approximate surface area is 77.9 Å². The van der Waals surface area contributed by atoms with Crippen LogP contribution < -0.4 is 0 Å². The second-order valence-corrected chi connectivity index (χ2v) is 3.52. The van der Waals surface area contributed by atoms with E-state index in [2.05, 4.69) is 26.1 Å². The molecule has 0 radical (unpaired) electrons. The molecule has 0 heterocycles. The zero-order chi connectivity index (χ0) is 7.98. The van der Waals surface area contributed by atoms with Crippen LogP contribution in [0.2, 0.25) is 4.39 Å². The Morgan fingerprint density at radius 2 is 2.30 bits per heavy atom. The van der Waals surface area contributed by atoms with Crippen molar-refractivity contribution >= 4 is 17.4 Å². The summed E-state index contributed by atoms with van der Waals surface area (Å²) < 4.78 is 0.0143. The SMILES string of the molecule is CCCC[CH]([Pd])C(=O)CCl. The average molecular weight is 254 g/mol. The van der Waals surface area contributed by atoms with Crippen molar-refractivity contribution < 1.29 is 24.0 Å². The molecule has 3 heteroatoms. The number of carbonyl (C=O) groups is 1. The van der Waals surface area contributed by atoms with Gasteiger partial charge in [0.2, 0.25) is 0 Å². The van der Waals surface area contributed by atoms with Crippen LogP contribution in [0.15, 0.2) is 0 Å². The summed E-state index contributed by atoms with van der Waals surface area (Å²) in [7, 11) is 0. The van der Waals surface area contributed by atoms with Gasteiger partial charge in [-0.25, -0.2) is 0 Å². The first-order valence-corrected chi connectivity index (χ1v) is 4.84. The maximum atomic E-state index is 10.8. The molecular formula is C7H12ClOPd. The van der Waals surface area contributed by atoms with E-state index in [-0.39, 0.29) is 16.1 Å². The van der Waals surface area contributed by atoms with Crippen LogP contribution in [-0.2, 0) is 24.0 Å². The quantitative estimate of drug-likeness (QED) is 0.543. The Hall–Kier alpha value is 0.622. The number of alkyl halides is 1. The fourth-order valence-corrected chi connectivity index (χ4v) is 1.45. The van der Waals surface area contributed by atoms with E-state index in [0.29, 0.717) is 0 Å². The second kappa shape index (κ2) is 6.34. The van der Waals surface area contributed by atoms with E-state index in [1.54, 1.807) is 0 Å². The zero-order valence-corrected chi connectivity index (χ0v) is 8.32. The van der Waals surface area contributed by atoms with Gasteiger partial charge in [-0.2, -0.15) is 0 Å². The van der Waals surface area contributed by atoms with Crippen molar-refractivity contribution in [2.24, 2.45) is 0 Å². The molecule has 0 N–H and O–H groups in total. The fraction of sp³-hybridized carbons (Fsp3) is 0.857. The van der Waals surface area contributed by atoms with E-state index in [4.69, 9.17) is 11.6 Å². The molecule has 0 aliphatic carbocycles. The molecule has 1 nitrogen and oxygen atoms in total. The second-order valence-electron chi connectivity index (χ2n) is 2.17. The molecule has 1 atom stereocenters. The molecule has 0 aliphatic rings. The standard InChI is InChI=1S/C7H12ClO.Pd/c1-2-3-4-5-7(9)6-8;/h5H,2-4,6H2,1H3;. The predicted molar refractivity (Wildman–Crippen MR) is 39.0 cm³/mol. The van der Waals surface area contributed by atoms with Crippen LogP contribution >= 0.6 is 11.6 Å². The van der Waals surface area contributed by atoms with Crippen LogP contribution in [0, 0.1) is 0 Å². The molecule has 0 aromatic rings. The predicted octanol–water partition coefficient (Wildman–Crippen LogP) is 2.32. The van der Waals surface area contributed by atoms with Crippen LogP contribution in [0.1, 0.15) is 26.2 Å². The summed E-state index contributed by atoms with van der Waals surface area (Å²) in [5.74, 6) is 0.243. The van der Waals surface area contributed by atoms with Crippen LogP contribution in [0.5, 0.6) is 0 Å². The van der Waals surface area contributed by atoms with E-state index in [1.807, 2.05) is 0 Å². The van der Waals surface area contributed by atoms with Crippen molar-refractivity contribution in [3.05, 3.63) is 0 Å². The summed E-state index contributed by atoms with van der Waals surface area (Å²) in [4.78, 5) is 10.8. The molecule has 63 valence electrons. The summed E-state index contributed by atoms with van der Waals surface area (Å²) in [6, 6.07) is 0. The topological polar surface area (TPSA) is 17.1 Å². The normalized spacial score (nSPS) is 13.2. The molecule has 0 aliphatic heterocycles. The van der Waals surface area contributed by atoms with E-state index in [1.165, 1.54) is 0 Å². The number of hydrogen-bond donors (Lipinski definition) is 0. The van der Waals surface area contributed by atoms with Gasteiger partial charge in [-0.3, -0.25) is 0 Å². The first kappa shape index (κ1) is 10.6. The van der Waals surface area contributed by atoms with E-state index in [9.17, 15) is 4.79 Å². The summed E-state index contributed by atoms with van der Waals surface area (Å²) in [6.45, 7) is 2.11. The van der Waals surface area contributed by atoms with Crippen molar-refractivity contribution in [2.75, 3.05) is 5.88 Å². The van der Waals surface area contributed by atoms with Crippen molar-refractivity contribution in [3.63, 3.8) is 0 Å². The number of hydrogen-bond acceptors (Lipinski definition) is 1. The van der Waals surface area contributed by atoms with Gasteiger partial charge in [0.25, 0.3) is 0 Å². The van der Waals surface area contributed by atoms with Crippen molar-refractivity contribution in [3.8, 4) is 0 Å². The van der Waals surface area contributed by atoms with Crippen molar-refractivity contribution in [1.29, 1.82) is 0 Å². The number of Topliss-reactive ketones (excluding diaryl/α,β-unsaturated/α-hetero) is 1. The van der Waals surface area contributed by atoms with Gasteiger partial charge in [0.05, 0.1) is 0 Å². The Kier molecular flexibility index (Phi) is 6.73. The van der Waals surface area contributed by atoms with E-state index in [0.717, 1.165) is 19.3 Å². The van der Waals surface area contributed by atoms with Gasteiger partial charge in [0, 0.05) is 0 Å². The van der Waals surface area contributed by atoms with Crippen LogP contribution in [0.4, 0.5) is 0 Å². The Morgan fingerprint density at radius 3 is 2.70 bits per heavy atom. The average Bonchev–Trinajstić information content (AvgIpc) is 1.98. The number of halogens is 1. The van der Waals surface area contributed by atoms with Gasteiger partial charge in [-0.05, 0) is 0 Å². The first-order chi connectivity index (χ1) is 4.72. The number of unbranched alkanes of at least 4 members (excludes halogenated alkanes) is 1. The Morgan fingerprint density at radius 1 is 1.70 bits per heavy atom. The molecule has 1 unspecified atom stereocenters. The van der Waals surface area contributed by atoms with Gasteiger partial charge in [0.1, 0.15) is 0 Å². The molecule has 0 fully saturated rings. The monoisotopic (exact) mass is 253 g/mol. The van der Waals surface area contributed by atoms with Crippen LogP contribution in [0.25, 0.3) is 0 Å². The Balaban J connectivity index is 3.41. The molecule has 0 saturated carbocycles. The minimum absolute atomic E-state index is 0.0143.